The number of hydrogen-bond donors (Lipinski definition) is 2. The summed E-state index contributed by atoms with van der Waals surface area (Å²) in [5.74, 6) is 1.39. The Morgan fingerprint density at radius 2 is 2.25 bits per heavy atom. The number of aromatic nitrogens is 1. The molecule has 1 unspecified atom stereocenters. The molecule has 0 saturated heterocycles. The molecule has 3 N–H and O–H groups in total. The lowest BCUT2D eigenvalue weighted by Gasteiger charge is -2.13. The molecule has 1 atom stereocenters. The highest BCUT2D eigenvalue weighted by Crippen LogP contribution is 2.14. The van der Waals surface area contributed by atoms with Crippen molar-refractivity contribution in [3.05, 3.63) is 40.6 Å². The van der Waals surface area contributed by atoms with E-state index < -0.39 is 0 Å². The number of hydrogen-bond acceptors (Lipinski definition) is 4. The number of pyridine rings is 1. The fraction of sp³-hybridized carbons (Fsp3) is 0.250. The van der Waals surface area contributed by atoms with Crippen molar-refractivity contribution in [1.82, 2.24) is 4.98 Å². The van der Waals surface area contributed by atoms with Crippen molar-refractivity contribution in [1.29, 1.82) is 0 Å². The second-order valence-corrected chi connectivity index (χ2v) is 4.81. The lowest BCUT2D eigenvalue weighted by atomic mass is 10.2. The van der Waals surface area contributed by atoms with Gasteiger partial charge >= 0.3 is 0 Å². The third-order valence-corrected chi connectivity index (χ3v) is 3.15. The van der Waals surface area contributed by atoms with Crippen LogP contribution in [0.15, 0.2) is 35.7 Å². The quantitative estimate of drug-likeness (QED) is 0.853. The normalized spacial score (nSPS) is 12.3. The van der Waals surface area contributed by atoms with Gasteiger partial charge in [-0.3, -0.25) is 0 Å². The Morgan fingerprint density at radius 1 is 1.38 bits per heavy atom. The molecule has 0 aliphatic carbocycles. The number of nitrogens with zero attached hydrogens (tertiary/aromatic N) is 1. The van der Waals surface area contributed by atoms with Crippen molar-refractivity contribution >= 4 is 23.0 Å². The fourth-order valence-electron chi connectivity index (χ4n) is 1.57. The maximum absolute atomic E-state index is 5.62. The zero-order valence-corrected chi connectivity index (χ0v) is 10.00. The van der Waals surface area contributed by atoms with Crippen molar-refractivity contribution in [3.8, 4) is 0 Å². The SMILES string of the molecule is CC(Cc1cccs1)Nc1cccc(N)n1. The molecule has 4 heteroatoms. The summed E-state index contributed by atoms with van der Waals surface area (Å²) in [6.07, 6.45) is 1.01. The molecule has 84 valence electrons. The number of nitrogen functional groups attached to an aromatic ring is 1. The van der Waals surface area contributed by atoms with E-state index in [1.807, 2.05) is 12.1 Å². The summed E-state index contributed by atoms with van der Waals surface area (Å²) in [7, 11) is 0. The molecule has 0 radical (unpaired) electrons. The topological polar surface area (TPSA) is 50.9 Å². The molecule has 16 heavy (non-hydrogen) atoms. The summed E-state index contributed by atoms with van der Waals surface area (Å²) < 4.78 is 0. The Balaban J connectivity index is 1.94. The molecule has 0 aliphatic rings. The van der Waals surface area contributed by atoms with E-state index in [1.165, 1.54) is 4.88 Å². The summed E-state index contributed by atoms with van der Waals surface area (Å²) in [5, 5.41) is 5.43. The smallest absolute Gasteiger partial charge is 0.128 e. The van der Waals surface area contributed by atoms with Crippen LogP contribution in [0.25, 0.3) is 0 Å². The van der Waals surface area contributed by atoms with Crippen molar-refractivity contribution in [2.24, 2.45) is 0 Å². The van der Waals surface area contributed by atoms with Gasteiger partial charge in [0.25, 0.3) is 0 Å². The average Bonchev–Trinajstić information content (AvgIpc) is 2.70. The van der Waals surface area contributed by atoms with Crippen LogP contribution in [0.5, 0.6) is 0 Å². The maximum Gasteiger partial charge on any atom is 0.128 e. The van der Waals surface area contributed by atoms with Crippen LogP contribution >= 0.6 is 11.3 Å². The first kappa shape index (κ1) is 11.0. The molecular weight excluding hydrogens is 218 g/mol. The van der Waals surface area contributed by atoms with Crippen molar-refractivity contribution in [2.75, 3.05) is 11.1 Å². The number of nitrogens with one attached hydrogen (secondary N) is 1. The monoisotopic (exact) mass is 233 g/mol. The fourth-order valence-corrected chi connectivity index (χ4v) is 2.40. The molecule has 0 saturated carbocycles. The van der Waals surface area contributed by atoms with E-state index >= 15 is 0 Å². The van der Waals surface area contributed by atoms with Crippen LogP contribution < -0.4 is 11.1 Å². The van der Waals surface area contributed by atoms with Crippen LogP contribution in [0.3, 0.4) is 0 Å². The van der Waals surface area contributed by atoms with Crippen LogP contribution in [-0.2, 0) is 6.42 Å². The van der Waals surface area contributed by atoms with Crippen LogP contribution in [0.1, 0.15) is 11.8 Å². The van der Waals surface area contributed by atoms with Crippen molar-refractivity contribution in [2.45, 2.75) is 19.4 Å². The van der Waals surface area contributed by atoms with E-state index in [1.54, 1.807) is 17.4 Å². The molecule has 0 bridgehead atoms. The first-order valence-corrected chi connectivity index (χ1v) is 6.13. The number of nitrogens with two attached hydrogens (primary N) is 1. The van der Waals surface area contributed by atoms with Gasteiger partial charge in [-0.05, 0) is 30.5 Å². The Labute approximate surface area is 99.3 Å². The highest BCUT2D eigenvalue weighted by atomic mass is 32.1. The average molecular weight is 233 g/mol. The molecule has 3 nitrogen and oxygen atoms in total. The van der Waals surface area contributed by atoms with Gasteiger partial charge < -0.3 is 11.1 Å². The van der Waals surface area contributed by atoms with E-state index in [0.717, 1.165) is 12.2 Å². The van der Waals surface area contributed by atoms with Gasteiger partial charge in [0.2, 0.25) is 0 Å². The molecule has 2 heterocycles. The minimum atomic E-state index is 0.355. The Morgan fingerprint density at radius 3 is 2.94 bits per heavy atom. The number of thiophene rings is 1. The highest BCUT2D eigenvalue weighted by Gasteiger charge is 2.05. The van der Waals surface area contributed by atoms with Gasteiger partial charge in [0, 0.05) is 17.3 Å². The molecular formula is C12H15N3S. The molecule has 0 amide bonds. The predicted octanol–water partition coefficient (Wildman–Crippen LogP) is 2.77. The summed E-state index contributed by atoms with van der Waals surface area (Å²) in [5.41, 5.74) is 5.62. The summed E-state index contributed by atoms with van der Waals surface area (Å²) >= 11 is 1.78. The van der Waals surface area contributed by atoms with Crippen LogP contribution in [0.4, 0.5) is 11.6 Å². The van der Waals surface area contributed by atoms with Gasteiger partial charge in [0.05, 0.1) is 0 Å². The summed E-state index contributed by atoms with van der Waals surface area (Å²) in [6.45, 7) is 2.14. The van der Waals surface area contributed by atoms with Gasteiger partial charge in [-0.2, -0.15) is 0 Å². The highest BCUT2D eigenvalue weighted by molar-refractivity contribution is 7.09. The number of rotatable bonds is 4. The van der Waals surface area contributed by atoms with Crippen LogP contribution in [0, 0.1) is 0 Å². The summed E-state index contributed by atoms with van der Waals surface area (Å²) in [6, 6.07) is 10.2. The second kappa shape index (κ2) is 4.99. The van der Waals surface area contributed by atoms with Crippen molar-refractivity contribution in [3.63, 3.8) is 0 Å². The Bertz CT molecular complexity index is 439. The minimum absolute atomic E-state index is 0.355. The first-order valence-electron chi connectivity index (χ1n) is 5.25. The van der Waals surface area contributed by atoms with Gasteiger partial charge in [0.1, 0.15) is 11.6 Å². The first-order chi connectivity index (χ1) is 7.74. The van der Waals surface area contributed by atoms with E-state index in [-0.39, 0.29) is 0 Å². The van der Waals surface area contributed by atoms with E-state index in [4.69, 9.17) is 5.73 Å². The zero-order valence-electron chi connectivity index (χ0n) is 9.18. The predicted molar refractivity (Wildman–Crippen MR) is 69.8 cm³/mol. The molecule has 0 spiro atoms. The lowest BCUT2D eigenvalue weighted by Crippen LogP contribution is -2.18. The number of anilines is 2. The van der Waals surface area contributed by atoms with Crippen molar-refractivity contribution < 1.29 is 0 Å². The second-order valence-electron chi connectivity index (χ2n) is 3.78. The largest absolute Gasteiger partial charge is 0.384 e. The molecule has 0 aliphatic heterocycles. The lowest BCUT2D eigenvalue weighted by molar-refractivity contribution is 0.795. The van der Waals surface area contributed by atoms with Gasteiger partial charge in [-0.25, -0.2) is 4.98 Å². The van der Waals surface area contributed by atoms with Crippen LogP contribution in [0.2, 0.25) is 0 Å². The standard InChI is InChI=1S/C12H15N3S/c1-9(8-10-4-3-7-16-10)14-12-6-2-5-11(13)15-12/h2-7,9H,8H2,1H3,(H3,13,14,15). The zero-order chi connectivity index (χ0) is 11.4. The molecule has 2 aromatic heterocycles. The molecule has 2 rings (SSSR count). The van der Waals surface area contributed by atoms with Crippen LogP contribution in [-0.4, -0.2) is 11.0 Å². The van der Waals surface area contributed by atoms with Gasteiger partial charge in [-0.1, -0.05) is 12.1 Å². The summed E-state index contributed by atoms with van der Waals surface area (Å²) in [4.78, 5) is 5.59. The third-order valence-electron chi connectivity index (χ3n) is 2.25. The molecule has 0 fully saturated rings. The third kappa shape index (κ3) is 2.97. The van der Waals surface area contributed by atoms with E-state index in [0.29, 0.717) is 11.9 Å². The maximum atomic E-state index is 5.62. The molecule has 0 aromatic carbocycles. The van der Waals surface area contributed by atoms with E-state index in [9.17, 15) is 0 Å². The van der Waals surface area contributed by atoms with Gasteiger partial charge in [0.15, 0.2) is 0 Å². The molecule has 2 aromatic rings. The Hall–Kier alpha value is -1.55. The Kier molecular flexibility index (Phi) is 3.41. The minimum Gasteiger partial charge on any atom is -0.384 e. The van der Waals surface area contributed by atoms with E-state index in [2.05, 4.69) is 34.7 Å². The van der Waals surface area contributed by atoms with Gasteiger partial charge in [-0.15, -0.1) is 11.3 Å².